The van der Waals surface area contributed by atoms with Gasteiger partial charge in [0.2, 0.25) is 0 Å². The van der Waals surface area contributed by atoms with Crippen LogP contribution in [0.25, 0.3) is 0 Å². The summed E-state index contributed by atoms with van der Waals surface area (Å²) in [5, 5.41) is 32.3. The maximum absolute atomic E-state index is 8.09. The van der Waals surface area contributed by atoms with E-state index in [0.29, 0.717) is 0 Å². The summed E-state index contributed by atoms with van der Waals surface area (Å²) < 4.78 is 0.847. The minimum atomic E-state index is -2.72. The Labute approximate surface area is 100 Å². The number of hydrogen-bond donors (Lipinski definition) is 0. The highest BCUT2D eigenvalue weighted by atomic mass is 15.3. The first-order valence-corrected chi connectivity index (χ1v) is 4.89. The first kappa shape index (κ1) is 14.4. The third-order valence-electron chi connectivity index (χ3n) is 2.28. The molecule has 0 fully saturated rings. The highest BCUT2D eigenvalue weighted by Gasteiger charge is 2.22. The molecule has 0 aliphatic carbocycles. The van der Waals surface area contributed by atoms with Gasteiger partial charge in [0.25, 0.3) is 0 Å². The van der Waals surface area contributed by atoms with Crippen molar-refractivity contribution in [3.05, 3.63) is 12.4 Å². The van der Waals surface area contributed by atoms with Crippen LogP contribution in [0.1, 0.15) is 6.92 Å². The first-order chi connectivity index (χ1) is 8.01. The Kier molecular flexibility index (Phi) is 5.15. The van der Waals surface area contributed by atoms with Gasteiger partial charge in [-0.3, -0.25) is 4.48 Å². The zero-order valence-electron chi connectivity index (χ0n) is 9.70. The number of nitriles is 4. The van der Waals surface area contributed by atoms with E-state index in [1.165, 1.54) is 23.9 Å². The third kappa shape index (κ3) is 3.80. The van der Waals surface area contributed by atoms with E-state index in [1.54, 1.807) is 0 Å². The SMILES string of the molecule is CC[N+]1(C)C=CN=C1.N#C[B-](C#N)(C#N)C#N. The predicted octanol–water partition coefficient (Wildman–Crippen LogP) is 0.652. The zero-order valence-corrected chi connectivity index (χ0v) is 9.70. The number of nitrogens with zero attached hydrogens (tertiary/aromatic N) is 6. The van der Waals surface area contributed by atoms with Crippen LogP contribution in [-0.4, -0.2) is 30.6 Å². The van der Waals surface area contributed by atoms with Gasteiger partial charge in [-0.05, 0) is 6.92 Å². The molecule has 1 heterocycles. The van der Waals surface area contributed by atoms with Crippen LogP contribution in [0.15, 0.2) is 17.4 Å². The maximum Gasteiger partial charge on any atom is 0.383 e. The molecule has 1 aliphatic heterocycles. The number of hydrogen-bond acceptors (Lipinski definition) is 5. The van der Waals surface area contributed by atoms with Crippen LogP contribution in [0.3, 0.4) is 0 Å². The van der Waals surface area contributed by atoms with Gasteiger partial charge >= 0.3 is 6.15 Å². The second kappa shape index (κ2) is 6.08. The zero-order chi connectivity index (χ0) is 13.4. The van der Waals surface area contributed by atoms with Gasteiger partial charge in [-0.15, -0.1) is 23.9 Å². The van der Waals surface area contributed by atoms with Crippen molar-refractivity contribution in [2.75, 3.05) is 13.6 Å². The van der Waals surface area contributed by atoms with E-state index in [-0.39, 0.29) is 0 Å². The van der Waals surface area contributed by atoms with Gasteiger partial charge in [-0.2, -0.15) is 0 Å². The van der Waals surface area contributed by atoms with Crippen molar-refractivity contribution >= 4 is 12.5 Å². The monoisotopic (exact) mass is 226 g/mol. The normalized spacial score (nSPS) is 20.1. The van der Waals surface area contributed by atoms with Crippen molar-refractivity contribution in [2.45, 2.75) is 6.92 Å². The molecule has 0 radical (unpaired) electrons. The van der Waals surface area contributed by atoms with Crippen LogP contribution in [0, 0.1) is 44.9 Å². The summed E-state index contributed by atoms with van der Waals surface area (Å²) >= 11 is 0. The maximum atomic E-state index is 8.09. The highest BCUT2D eigenvalue weighted by molar-refractivity contribution is 7.05. The molecule has 0 aromatic heterocycles. The standard InChI is InChI=1S/C6H11N2.C4BN4/c1-3-8(2)5-4-7-6-8;6-1-5(2-7,3-8)4-9/h4-6H,3H2,1-2H3;/q+1;-1. The molecule has 0 saturated heterocycles. The minimum Gasteiger partial charge on any atom is -0.256 e. The minimum absolute atomic E-state index is 0.847. The van der Waals surface area contributed by atoms with Gasteiger partial charge in [0.05, 0.1) is 19.8 Å². The van der Waals surface area contributed by atoms with Crippen LogP contribution in [-0.2, 0) is 0 Å². The summed E-state index contributed by atoms with van der Waals surface area (Å²) in [6.45, 7) is 3.22. The highest BCUT2D eigenvalue weighted by Crippen LogP contribution is 2.04. The third-order valence-corrected chi connectivity index (χ3v) is 2.28. The lowest BCUT2D eigenvalue weighted by Crippen LogP contribution is -2.33. The lowest BCUT2D eigenvalue weighted by molar-refractivity contribution is -0.753. The number of rotatable bonds is 1. The van der Waals surface area contributed by atoms with Crippen molar-refractivity contribution in [1.29, 1.82) is 21.0 Å². The Morgan fingerprint density at radius 3 is 1.71 bits per heavy atom. The molecule has 0 amide bonds. The molecule has 0 spiro atoms. The topological polar surface area (TPSA) is 108 Å². The largest absolute Gasteiger partial charge is 0.383 e. The van der Waals surface area contributed by atoms with E-state index in [9.17, 15) is 0 Å². The van der Waals surface area contributed by atoms with Gasteiger partial charge in [0.1, 0.15) is 6.20 Å². The second-order valence-electron chi connectivity index (χ2n) is 3.61. The van der Waals surface area contributed by atoms with Crippen LogP contribution in [0.5, 0.6) is 0 Å². The molecule has 1 aliphatic rings. The molecule has 7 heteroatoms. The molecule has 0 aromatic carbocycles. The van der Waals surface area contributed by atoms with Gasteiger partial charge in [0, 0.05) is 0 Å². The first-order valence-electron chi connectivity index (χ1n) is 4.89. The van der Waals surface area contributed by atoms with Gasteiger partial charge in [-0.1, -0.05) is 0 Å². The van der Waals surface area contributed by atoms with Crippen molar-refractivity contribution < 1.29 is 4.48 Å². The molecule has 6 nitrogen and oxygen atoms in total. The average molecular weight is 226 g/mol. The van der Waals surface area contributed by atoms with E-state index >= 15 is 0 Å². The van der Waals surface area contributed by atoms with Crippen molar-refractivity contribution in [3.8, 4) is 23.9 Å². The van der Waals surface area contributed by atoms with Crippen LogP contribution < -0.4 is 0 Å². The molecule has 0 bridgehead atoms. The summed E-state index contributed by atoms with van der Waals surface area (Å²) in [5.41, 5.74) is 0. The van der Waals surface area contributed by atoms with Crippen molar-refractivity contribution in [2.24, 2.45) is 4.99 Å². The fourth-order valence-corrected chi connectivity index (χ4v) is 0.780. The summed E-state index contributed by atoms with van der Waals surface area (Å²) in [4.78, 5) is 3.97. The smallest absolute Gasteiger partial charge is 0.256 e. The summed E-state index contributed by atoms with van der Waals surface area (Å²) in [7, 11) is 2.12. The van der Waals surface area contributed by atoms with E-state index in [4.69, 9.17) is 21.0 Å². The van der Waals surface area contributed by atoms with Gasteiger partial charge in [0.15, 0.2) is 6.34 Å². The molecule has 0 aromatic rings. The Balaban J connectivity index is 0.000000302. The molecule has 84 valence electrons. The Hall–Kier alpha value is -2.61. The summed E-state index contributed by atoms with van der Waals surface area (Å²) in [5.74, 6) is 5.38. The molecule has 0 N–H and O–H groups in total. The van der Waals surface area contributed by atoms with E-state index in [2.05, 4.69) is 25.2 Å². The predicted molar refractivity (Wildman–Crippen MR) is 62.6 cm³/mol. The summed E-state index contributed by atoms with van der Waals surface area (Å²) in [6, 6.07) is 0. The van der Waals surface area contributed by atoms with Crippen LogP contribution in [0.2, 0.25) is 0 Å². The Morgan fingerprint density at radius 2 is 1.59 bits per heavy atom. The molecule has 1 atom stereocenters. The quantitative estimate of drug-likeness (QED) is 0.483. The Morgan fingerprint density at radius 1 is 1.12 bits per heavy atom. The molecular formula is C10H11BN6. The number of aliphatic imine (C=N–C) groups is 1. The summed E-state index contributed by atoms with van der Waals surface area (Å²) in [6.07, 6.45) is 3.11. The lowest BCUT2D eigenvalue weighted by atomic mass is 9.30. The van der Waals surface area contributed by atoms with E-state index < -0.39 is 6.15 Å². The molecule has 1 unspecified atom stereocenters. The van der Waals surface area contributed by atoms with Crippen LogP contribution in [0.4, 0.5) is 0 Å². The molecule has 1 rings (SSSR count). The van der Waals surface area contributed by atoms with Gasteiger partial charge < -0.3 is 0 Å². The second-order valence-corrected chi connectivity index (χ2v) is 3.61. The van der Waals surface area contributed by atoms with E-state index in [1.807, 2.05) is 12.5 Å². The fraction of sp³-hybridized carbons (Fsp3) is 0.300. The van der Waals surface area contributed by atoms with Crippen molar-refractivity contribution in [3.63, 3.8) is 0 Å². The van der Waals surface area contributed by atoms with E-state index in [0.717, 1.165) is 11.0 Å². The van der Waals surface area contributed by atoms with Gasteiger partial charge in [-0.25, -0.2) is 26.0 Å². The van der Waals surface area contributed by atoms with Crippen LogP contribution >= 0.6 is 0 Å². The van der Waals surface area contributed by atoms with Crippen molar-refractivity contribution in [1.82, 2.24) is 0 Å². The molecule has 17 heavy (non-hydrogen) atoms. The lowest BCUT2D eigenvalue weighted by Gasteiger charge is -2.18. The number of quaternary nitrogens is 1. The molecule has 0 saturated carbocycles. The fourth-order valence-electron chi connectivity index (χ4n) is 0.780. The Bertz CT molecular complexity index is 419. The molecular weight excluding hydrogens is 215 g/mol. The average Bonchev–Trinajstić information content (AvgIpc) is 2.82.